The molecular formula is C24H28N2O4. The van der Waals surface area contributed by atoms with E-state index in [-0.39, 0.29) is 30.3 Å². The van der Waals surface area contributed by atoms with E-state index in [1.807, 2.05) is 30.3 Å². The van der Waals surface area contributed by atoms with Crippen LogP contribution in [0.25, 0.3) is 11.3 Å². The number of carbonyl (C=O) groups excluding carboxylic acids is 2. The Labute approximate surface area is 176 Å². The van der Waals surface area contributed by atoms with E-state index in [1.54, 1.807) is 6.07 Å². The number of nitrogens with zero attached hydrogens (tertiary/aromatic N) is 1. The van der Waals surface area contributed by atoms with Crippen LogP contribution in [0.1, 0.15) is 50.6 Å². The molecule has 4 aliphatic rings. The molecule has 4 saturated carbocycles. The van der Waals surface area contributed by atoms with E-state index >= 15 is 0 Å². The van der Waals surface area contributed by atoms with Gasteiger partial charge in [-0.1, -0.05) is 35.5 Å². The first-order valence-electron chi connectivity index (χ1n) is 11.0. The van der Waals surface area contributed by atoms with Gasteiger partial charge in [-0.3, -0.25) is 9.59 Å². The lowest BCUT2D eigenvalue weighted by Crippen LogP contribution is -2.53. The van der Waals surface area contributed by atoms with Crippen LogP contribution >= 0.6 is 0 Å². The third-order valence-corrected chi connectivity index (χ3v) is 7.13. The van der Waals surface area contributed by atoms with E-state index in [4.69, 9.17) is 9.26 Å². The summed E-state index contributed by atoms with van der Waals surface area (Å²) in [6.07, 6.45) is 7.20. The topological polar surface area (TPSA) is 81.4 Å². The molecule has 1 aromatic heterocycles. The molecule has 1 heterocycles. The molecule has 1 amide bonds. The normalized spacial score (nSPS) is 29.0. The number of nitrogens with one attached hydrogen (secondary N) is 1. The third-order valence-electron chi connectivity index (χ3n) is 7.13. The molecule has 1 aromatic carbocycles. The van der Waals surface area contributed by atoms with Crippen LogP contribution in [0.4, 0.5) is 0 Å². The van der Waals surface area contributed by atoms with Crippen LogP contribution < -0.4 is 5.32 Å². The monoisotopic (exact) mass is 408 g/mol. The lowest BCUT2D eigenvalue weighted by molar-refractivity contribution is -0.147. The van der Waals surface area contributed by atoms with Crippen molar-refractivity contribution < 1.29 is 18.8 Å². The Morgan fingerprint density at radius 1 is 1.07 bits per heavy atom. The van der Waals surface area contributed by atoms with Gasteiger partial charge in [-0.25, -0.2) is 0 Å². The van der Waals surface area contributed by atoms with E-state index in [9.17, 15) is 9.59 Å². The maximum absolute atomic E-state index is 12.9. The molecule has 0 atom stereocenters. The molecule has 30 heavy (non-hydrogen) atoms. The SMILES string of the molecule is O=C(CCNC(=O)C12CC3CC(CC(C3)C1)C2)OCc1cc(-c2ccccc2)on1. The Morgan fingerprint density at radius 2 is 1.73 bits per heavy atom. The fourth-order valence-electron chi connectivity index (χ4n) is 6.20. The van der Waals surface area contributed by atoms with Crippen molar-refractivity contribution in [3.8, 4) is 11.3 Å². The summed E-state index contributed by atoms with van der Waals surface area (Å²) in [5, 5.41) is 6.98. The van der Waals surface area contributed by atoms with Gasteiger partial charge in [-0.05, 0) is 56.3 Å². The van der Waals surface area contributed by atoms with Crippen molar-refractivity contribution in [1.82, 2.24) is 10.5 Å². The molecule has 0 saturated heterocycles. The average molecular weight is 408 g/mol. The summed E-state index contributed by atoms with van der Waals surface area (Å²) in [7, 11) is 0. The van der Waals surface area contributed by atoms with E-state index in [1.165, 1.54) is 19.3 Å². The number of rotatable bonds is 7. The maximum atomic E-state index is 12.9. The van der Waals surface area contributed by atoms with Gasteiger partial charge in [0.15, 0.2) is 5.76 Å². The second-order valence-corrected chi connectivity index (χ2v) is 9.41. The molecule has 0 spiro atoms. The summed E-state index contributed by atoms with van der Waals surface area (Å²) in [6.45, 7) is 0.394. The van der Waals surface area contributed by atoms with Crippen LogP contribution in [0.15, 0.2) is 40.9 Å². The third kappa shape index (κ3) is 3.87. The summed E-state index contributed by atoms with van der Waals surface area (Å²) >= 11 is 0. The van der Waals surface area contributed by atoms with E-state index in [2.05, 4.69) is 10.5 Å². The Hall–Kier alpha value is -2.63. The predicted octanol–water partition coefficient (Wildman–Crippen LogP) is 4.11. The van der Waals surface area contributed by atoms with Gasteiger partial charge in [0.2, 0.25) is 5.91 Å². The molecule has 0 unspecified atom stereocenters. The number of aromatic nitrogens is 1. The molecule has 4 bridgehead atoms. The number of hydrogen-bond acceptors (Lipinski definition) is 5. The van der Waals surface area contributed by atoms with E-state index in [0.29, 0.717) is 18.0 Å². The number of carbonyl (C=O) groups is 2. The quantitative estimate of drug-likeness (QED) is 0.698. The summed E-state index contributed by atoms with van der Waals surface area (Å²) in [5.74, 6) is 2.65. The van der Waals surface area contributed by atoms with Gasteiger partial charge >= 0.3 is 5.97 Å². The second kappa shape index (κ2) is 7.89. The number of ether oxygens (including phenoxy) is 1. The van der Waals surface area contributed by atoms with Crippen molar-refractivity contribution in [1.29, 1.82) is 0 Å². The minimum atomic E-state index is -0.343. The van der Waals surface area contributed by atoms with Gasteiger partial charge in [-0.2, -0.15) is 0 Å². The van der Waals surface area contributed by atoms with Gasteiger partial charge in [-0.15, -0.1) is 0 Å². The number of hydrogen-bond donors (Lipinski definition) is 1. The molecule has 1 N–H and O–H groups in total. The molecule has 0 aliphatic heterocycles. The van der Waals surface area contributed by atoms with Crippen molar-refractivity contribution in [2.45, 2.75) is 51.6 Å². The molecule has 2 aromatic rings. The zero-order valence-corrected chi connectivity index (χ0v) is 17.1. The zero-order chi connectivity index (χ0) is 20.6. The highest BCUT2D eigenvalue weighted by Crippen LogP contribution is 2.60. The Morgan fingerprint density at radius 3 is 2.40 bits per heavy atom. The van der Waals surface area contributed by atoms with E-state index in [0.717, 1.165) is 42.6 Å². The molecule has 6 rings (SSSR count). The second-order valence-electron chi connectivity index (χ2n) is 9.41. The predicted molar refractivity (Wildman–Crippen MR) is 110 cm³/mol. The van der Waals surface area contributed by atoms with Crippen LogP contribution in [-0.2, 0) is 20.9 Å². The molecule has 158 valence electrons. The largest absolute Gasteiger partial charge is 0.459 e. The lowest BCUT2D eigenvalue weighted by Gasteiger charge is -2.55. The van der Waals surface area contributed by atoms with Crippen molar-refractivity contribution in [2.24, 2.45) is 23.2 Å². The van der Waals surface area contributed by atoms with E-state index < -0.39 is 0 Å². The van der Waals surface area contributed by atoms with Crippen LogP contribution in [0.3, 0.4) is 0 Å². The Kier molecular flexibility index (Phi) is 5.09. The first-order valence-corrected chi connectivity index (χ1v) is 11.0. The highest BCUT2D eigenvalue weighted by atomic mass is 16.5. The fourth-order valence-corrected chi connectivity index (χ4v) is 6.20. The minimum Gasteiger partial charge on any atom is -0.459 e. The Balaban J connectivity index is 1.07. The van der Waals surface area contributed by atoms with Crippen molar-refractivity contribution in [2.75, 3.05) is 6.54 Å². The lowest BCUT2D eigenvalue weighted by atomic mass is 9.49. The molecule has 6 nitrogen and oxygen atoms in total. The standard InChI is InChI=1S/C24H28N2O4/c27-22(29-15-20-11-21(30-26-20)19-4-2-1-3-5-19)6-7-25-23(28)24-12-16-8-17(13-24)10-18(9-16)14-24/h1-5,11,16-18H,6-10,12-15H2,(H,25,28). The highest BCUT2D eigenvalue weighted by molar-refractivity contribution is 5.83. The first kappa shape index (κ1) is 19.3. The van der Waals surface area contributed by atoms with Gasteiger partial charge in [0.05, 0.1) is 6.42 Å². The zero-order valence-electron chi connectivity index (χ0n) is 17.1. The minimum absolute atomic E-state index is 0.0676. The number of amides is 1. The maximum Gasteiger partial charge on any atom is 0.307 e. The van der Waals surface area contributed by atoms with Crippen molar-refractivity contribution >= 4 is 11.9 Å². The molecule has 4 fully saturated rings. The fraction of sp³-hybridized carbons (Fsp3) is 0.542. The highest BCUT2D eigenvalue weighted by Gasteiger charge is 2.54. The van der Waals surface area contributed by atoms with Gasteiger partial charge in [0.25, 0.3) is 0 Å². The molecule has 4 aliphatic carbocycles. The summed E-state index contributed by atoms with van der Waals surface area (Å²) < 4.78 is 10.6. The van der Waals surface area contributed by atoms with Crippen LogP contribution in [0, 0.1) is 23.2 Å². The Bertz CT molecular complexity index is 885. The average Bonchev–Trinajstić information content (AvgIpc) is 3.21. The number of benzene rings is 1. The van der Waals surface area contributed by atoms with Gasteiger partial charge < -0.3 is 14.6 Å². The van der Waals surface area contributed by atoms with Crippen LogP contribution in [0.5, 0.6) is 0 Å². The van der Waals surface area contributed by atoms with Crippen LogP contribution in [0.2, 0.25) is 0 Å². The molecule has 6 heteroatoms. The van der Waals surface area contributed by atoms with Crippen LogP contribution in [-0.4, -0.2) is 23.6 Å². The first-order chi connectivity index (χ1) is 14.6. The molecular weight excluding hydrogens is 380 g/mol. The summed E-state index contributed by atoms with van der Waals surface area (Å²) in [4.78, 5) is 25.0. The van der Waals surface area contributed by atoms with Crippen molar-refractivity contribution in [3.63, 3.8) is 0 Å². The summed E-state index contributed by atoms with van der Waals surface area (Å²) in [5.41, 5.74) is 1.32. The smallest absolute Gasteiger partial charge is 0.307 e. The van der Waals surface area contributed by atoms with Gasteiger partial charge in [0, 0.05) is 23.6 Å². The summed E-state index contributed by atoms with van der Waals surface area (Å²) in [6, 6.07) is 11.4. The number of esters is 1. The van der Waals surface area contributed by atoms with Crippen molar-refractivity contribution in [3.05, 3.63) is 42.1 Å². The molecule has 0 radical (unpaired) electrons. The van der Waals surface area contributed by atoms with Gasteiger partial charge in [0.1, 0.15) is 12.3 Å².